The van der Waals surface area contributed by atoms with E-state index in [4.69, 9.17) is 0 Å². The molecule has 6 heteroatoms. The van der Waals surface area contributed by atoms with Crippen molar-refractivity contribution in [3.63, 3.8) is 0 Å². The van der Waals surface area contributed by atoms with Crippen LogP contribution in [0.25, 0.3) is 0 Å². The van der Waals surface area contributed by atoms with E-state index >= 15 is 0 Å². The third-order valence-corrected chi connectivity index (χ3v) is 4.60. The van der Waals surface area contributed by atoms with Gasteiger partial charge in [0, 0.05) is 68.3 Å². The summed E-state index contributed by atoms with van der Waals surface area (Å²) in [7, 11) is 0. The van der Waals surface area contributed by atoms with Crippen molar-refractivity contribution in [1.29, 1.82) is 0 Å². The molecular weight excluding hydrogens is 314 g/mol. The summed E-state index contributed by atoms with van der Waals surface area (Å²) >= 11 is 0. The summed E-state index contributed by atoms with van der Waals surface area (Å²) < 4.78 is 0. The molecule has 1 aliphatic rings. The standard InChI is InChI=1S/C19H25N5O/c1-15-14-21-9-4-18(15)23-11-10-22-17-5-12-24(13-6-17)19(25)16-2-7-20-8-3-16/h2-4,7-9,14,17,22H,5-6,10-13H2,1H3,(H,21,23). The molecule has 2 N–H and O–H groups in total. The number of likely N-dealkylation sites (tertiary alicyclic amines) is 1. The van der Waals surface area contributed by atoms with Crippen molar-refractivity contribution in [2.75, 3.05) is 31.5 Å². The third kappa shape index (κ3) is 4.76. The normalized spacial score (nSPS) is 15.2. The summed E-state index contributed by atoms with van der Waals surface area (Å²) in [5, 5.41) is 7.01. The Morgan fingerprint density at radius 1 is 1.12 bits per heavy atom. The summed E-state index contributed by atoms with van der Waals surface area (Å²) in [5.41, 5.74) is 3.01. The number of piperidine rings is 1. The average molecular weight is 339 g/mol. The minimum Gasteiger partial charge on any atom is -0.383 e. The number of rotatable bonds is 6. The second-order valence-electron chi connectivity index (χ2n) is 6.37. The van der Waals surface area contributed by atoms with E-state index in [9.17, 15) is 4.79 Å². The molecule has 3 rings (SSSR count). The van der Waals surface area contributed by atoms with E-state index in [1.54, 1.807) is 30.7 Å². The summed E-state index contributed by atoms with van der Waals surface area (Å²) in [6.45, 7) is 5.44. The molecule has 0 bridgehead atoms. The van der Waals surface area contributed by atoms with Crippen LogP contribution in [0.3, 0.4) is 0 Å². The number of amides is 1. The highest BCUT2D eigenvalue weighted by atomic mass is 16.2. The first kappa shape index (κ1) is 17.4. The summed E-state index contributed by atoms with van der Waals surface area (Å²) in [6.07, 6.45) is 8.98. The maximum Gasteiger partial charge on any atom is 0.253 e. The number of pyridine rings is 2. The molecule has 25 heavy (non-hydrogen) atoms. The first-order valence-electron chi connectivity index (χ1n) is 8.81. The molecule has 2 aromatic rings. The van der Waals surface area contributed by atoms with Gasteiger partial charge in [-0.15, -0.1) is 0 Å². The van der Waals surface area contributed by atoms with Crippen molar-refractivity contribution in [3.05, 3.63) is 54.1 Å². The van der Waals surface area contributed by atoms with Gasteiger partial charge in [0.25, 0.3) is 5.91 Å². The van der Waals surface area contributed by atoms with Gasteiger partial charge in [0.05, 0.1) is 0 Å². The molecule has 3 heterocycles. The van der Waals surface area contributed by atoms with Crippen molar-refractivity contribution < 1.29 is 4.79 Å². The van der Waals surface area contributed by atoms with E-state index < -0.39 is 0 Å². The second-order valence-corrected chi connectivity index (χ2v) is 6.37. The van der Waals surface area contributed by atoms with Gasteiger partial charge < -0.3 is 15.5 Å². The van der Waals surface area contributed by atoms with Crippen LogP contribution < -0.4 is 10.6 Å². The van der Waals surface area contributed by atoms with Gasteiger partial charge in [-0.25, -0.2) is 0 Å². The van der Waals surface area contributed by atoms with Crippen molar-refractivity contribution >= 4 is 11.6 Å². The highest BCUT2D eigenvalue weighted by Gasteiger charge is 2.23. The van der Waals surface area contributed by atoms with Gasteiger partial charge in [0.15, 0.2) is 0 Å². The molecule has 0 unspecified atom stereocenters. The Balaban J connectivity index is 1.37. The molecule has 0 atom stereocenters. The van der Waals surface area contributed by atoms with Crippen LogP contribution in [0.5, 0.6) is 0 Å². The molecule has 2 aromatic heterocycles. The smallest absolute Gasteiger partial charge is 0.253 e. The van der Waals surface area contributed by atoms with E-state index in [1.165, 1.54) is 0 Å². The van der Waals surface area contributed by atoms with Crippen LogP contribution in [-0.4, -0.2) is 53.0 Å². The zero-order chi connectivity index (χ0) is 17.5. The van der Waals surface area contributed by atoms with Gasteiger partial charge in [-0.2, -0.15) is 0 Å². The molecular formula is C19H25N5O. The van der Waals surface area contributed by atoms with Gasteiger partial charge in [0.2, 0.25) is 0 Å². The molecule has 0 saturated carbocycles. The Bertz CT molecular complexity index is 683. The number of carbonyl (C=O) groups excluding carboxylic acids is 1. The molecule has 1 saturated heterocycles. The molecule has 0 aliphatic carbocycles. The number of nitrogens with one attached hydrogen (secondary N) is 2. The van der Waals surface area contributed by atoms with Crippen molar-refractivity contribution in [2.24, 2.45) is 0 Å². The quantitative estimate of drug-likeness (QED) is 0.789. The highest BCUT2D eigenvalue weighted by Crippen LogP contribution is 2.14. The first-order chi connectivity index (χ1) is 12.2. The topological polar surface area (TPSA) is 70.2 Å². The van der Waals surface area contributed by atoms with Crippen molar-refractivity contribution in [3.8, 4) is 0 Å². The molecule has 1 aliphatic heterocycles. The number of hydrogen-bond donors (Lipinski definition) is 2. The van der Waals surface area contributed by atoms with E-state index in [-0.39, 0.29) is 5.91 Å². The number of anilines is 1. The average Bonchev–Trinajstić information content (AvgIpc) is 2.67. The lowest BCUT2D eigenvalue weighted by molar-refractivity contribution is 0.0705. The predicted molar refractivity (Wildman–Crippen MR) is 98.6 cm³/mol. The lowest BCUT2D eigenvalue weighted by Crippen LogP contribution is -2.45. The number of hydrogen-bond acceptors (Lipinski definition) is 5. The first-order valence-corrected chi connectivity index (χ1v) is 8.81. The Labute approximate surface area is 148 Å². The SMILES string of the molecule is Cc1cnccc1NCCNC1CCN(C(=O)c2ccncc2)CC1. The molecule has 1 fully saturated rings. The van der Waals surface area contributed by atoms with E-state index in [0.29, 0.717) is 6.04 Å². The van der Waals surface area contributed by atoms with Gasteiger partial charge in [0.1, 0.15) is 0 Å². The van der Waals surface area contributed by atoms with Crippen LogP contribution in [-0.2, 0) is 0 Å². The second kappa shape index (κ2) is 8.58. The fraction of sp³-hybridized carbons (Fsp3) is 0.421. The fourth-order valence-corrected chi connectivity index (χ4v) is 3.11. The minimum absolute atomic E-state index is 0.107. The number of nitrogens with zero attached hydrogens (tertiary/aromatic N) is 3. The van der Waals surface area contributed by atoms with Crippen LogP contribution in [0, 0.1) is 6.92 Å². The number of aryl methyl sites for hydroxylation is 1. The number of aromatic nitrogens is 2. The maximum absolute atomic E-state index is 12.4. The Hall–Kier alpha value is -2.47. The van der Waals surface area contributed by atoms with E-state index in [1.807, 2.05) is 17.2 Å². The van der Waals surface area contributed by atoms with Gasteiger partial charge in [-0.3, -0.25) is 14.8 Å². The molecule has 132 valence electrons. The Morgan fingerprint density at radius 2 is 1.84 bits per heavy atom. The molecule has 1 amide bonds. The monoisotopic (exact) mass is 339 g/mol. The molecule has 6 nitrogen and oxygen atoms in total. The zero-order valence-electron chi connectivity index (χ0n) is 14.6. The lowest BCUT2D eigenvalue weighted by atomic mass is 10.0. The van der Waals surface area contributed by atoms with Gasteiger partial charge in [-0.05, 0) is 43.5 Å². The van der Waals surface area contributed by atoms with Crippen LogP contribution in [0.4, 0.5) is 5.69 Å². The molecule has 0 spiro atoms. The van der Waals surface area contributed by atoms with Crippen molar-refractivity contribution in [1.82, 2.24) is 20.2 Å². The summed E-state index contributed by atoms with van der Waals surface area (Å²) in [5.74, 6) is 0.107. The fourth-order valence-electron chi connectivity index (χ4n) is 3.11. The van der Waals surface area contributed by atoms with Crippen molar-refractivity contribution in [2.45, 2.75) is 25.8 Å². The predicted octanol–water partition coefficient (Wildman–Crippen LogP) is 2.09. The molecule has 0 radical (unpaired) electrons. The van der Waals surface area contributed by atoms with Gasteiger partial charge >= 0.3 is 0 Å². The van der Waals surface area contributed by atoms with Crippen LogP contribution >= 0.6 is 0 Å². The molecule has 0 aromatic carbocycles. The summed E-state index contributed by atoms with van der Waals surface area (Å²) in [6, 6.07) is 6.03. The minimum atomic E-state index is 0.107. The van der Waals surface area contributed by atoms with E-state index in [0.717, 1.165) is 55.8 Å². The Kier molecular flexibility index (Phi) is 5.95. The van der Waals surface area contributed by atoms with Crippen LogP contribution in [0.1, 0.15) is 28.8 Å². The lowest BCUT2D eigenvalue weighted by Gasteiger charge is -2.32. The Morgan fingerprint density at radius 3 is 2.56 bits per heavy atom. The zero-order valence-corrected chi connectivity index (χ0v) is 14.6. The maximum atomic E-state index is 12.4. The third-order valence-electron chi connectivity index (χ3n) is 4.60. The summed E-state index contributed by atoms with van der Waals surface area (Å²) in [4.78, 5) is 22.4. The van der Waals surface area contributed by atoms with Crippen LogP contribution in [0.2, 0.25) is 0 Å². The number of carbonyl (C=O) groups is 1. The van der Waals surface area contributed by atoms with E-state index in [2.05, 4.69) is 27.5 Å². The largest absolute Gasteiger partial charge is 0.383 e. The highest BCUT2D eigenvalue weighted by molar-refractivity contribution is 5.94. The van der Waals surface area contributed by atoms with Crippen LogP contribution in [0.15, 0.2) is 43.0 Å². The van der Waals surface area contributed by atoms with Gasteiger partial charge in [-0.1, -0.05) is 0 Å².